The van der Waals surface area contributed by atoms with E-state index in [1.165, 1.54) is 0 Å². The van der Waals surface area contributed by atoms with Crippen molar-refractivity contribution in [3.63, 3.8) is 0 Å². The minimum absolute atomic E-state index is 0.0166. The maximum Gasteiger partial charge on any atom is 0.304 e. The van der Waals surface area contributed by atoms with E-state index in [-0.39, 0.29) is 12.5 Å². The lowest BCUT2D eigenvalue weighted by Gasteiger charge is -2.10. The van der Waals surface area contributed by atoms with Crippen LogP contribution in [0.4, 0.5) is 0 Å². The van der Waals surface area contributed by atoms with E-state index in [4.69, 9.17) is 9.84 Å². The highest BCUT2D eigenvalue weighted by Crippen LogP contribution is 1.88. The van der Waals surface area contributed by atoms with Crippen molar-refractivity contribution < 1.29 is 14.6 Å². The normalized spacial score (nSPS) is 12.8. The van der Waals surface area contributed by atoms with E-state index in [2.05, 4.69) is 5.32 Å². The number of hydrogen-bond acceptors (Lipinski definition) is 3. The molecule has 0 saturated heterocycles. The molecule has 72 valence electrons. The van der Waals surface area contributed by atoms with Gasteiger partial charge in [-0.05, 0) is 13.8 Å². The molecule has 0 saturated carbocycles. The van der Waals surface area contributed by atoms with Crippen LogP contribution in [0.1, 0.15) is 20.3 Å². The van der Waals surface area contributed by atoms with Crippen molar-refractivity contribution in [2.45, 2.75) is 26.3 Å². The number of aliphatic carboxylic acids is 1. The second-order valence-electron chi connectivity index (χ2n) is 2.65. The maximum absolute atomic E-state index is 10.2. The lowest BCUT2D eigenvalue weighted by molar-refractivity contribution is -0.137. The third-order valence-electron chi connectivity index (χ3n) is 1.42. The van der Waals surface area contributed by atoms with Gasteiger partial charge in [-0.25, -0.2) is 0 Å². The predicted octanol–water partition coefficient (Wildman–Crippen LogP) is 0.476. The average molecular weight is 175 g/mol. The van der Waals surface area contributed by atoms with Gasteiger partial charge in [-0.3, -0.25) is 4.79 Å². The molecule has 4 heteroatoms. The molecule has 0 heterocycles. The lowest BCUT2D eigenvalue weighted by Crippen LogP contribution is -2.31. The largest absolute Gasteiger partial charge is 0.481 e. The first kappa shape index (κ1) is 11.4. The van der Waals surface area contributed by atoms with Crippen LogP contribution in [-0.4, -0.2) is 36.9 Å². The van der Waals surface area contributed by atoms with Gasteiger partial charge in [0, 0.05) is 19.2 Å². The van der Waals surface area contributed by atoms with Gasteiger partial charge in [-0.15, -0.1) is 0 Å². The van der Waals surface area contributed by atoms with Crippen molar-refractivity contribution in [1.82, 2.24) is 5.32 Å². The number of carbonyl (C=O) groups is 1. The highest BCUT2D eigenvalue weighted by molar-refractivity contribution is 5.67. The molecule has 1 unspecified atom stereocenters. The van der Waals surface area contributed by atoms with Crippen LogP contribution in [0.15, 0.2) is 0 Å². The van der Waals surface area contributed by atoms with Gasteiger partial charge in [0.2, 0.25) is 0 Å². The summed E-state index contributed by atoms with van der Waals surface area (Å²) >= 11 is 0. The van der Waals surface area contributed by atoms with E-state index in [1.807, 2.05) is 13.8 Å². The van der Waals surface area contributed by atoms with Crippen LogP contribution in [0.5, 0.6) is 0 Å². The van der Waals surface area contributed by atoms with Crippen molar-refractivity contribution in [3.05, 3.63) is 0 Å². The monoisotopic (exact) mass is 175 g/mol. The molecule has 0 radical (unpaired) electrons. The molecule has 1 atom stereocenters. The van der Waals surface area contributed by atoms with Gasteiger partial charge in [0.15, 0.2) is 0 Å². The maximum atomic E-state index is 10.2. The van der Waals surface area contributed by atoms with Gasteiger partial charge in [-0.1, -0.05) is 0 Å². The standard InChI is InChI=1S/C8H17NO3/c1-3-12-5-4-9-7(2)6-8(10)11/h7,9H,3-6H2,1-2H3,(H,10,11). The number of ether oxygens (including phenoxy) is 1. The molecule has 0 bridgehead atoms. The van der Waals surface area contributed by atoms with Gasteiger partial charge in [0.1, 0.15) is 0 Å². The van der Waals surface area contributed by atoms with Crippen LogP contribution in [0.2, 0.25) is 0 Å². The molecule has 0 aromatic heterocycles. The number of nitrogens with one attached hydrogen (secondary N) is 1. The summed E-state index contributed by atoms with van der Waals surface area (Å²) in [5.74, 6) is -0.772. The topological polar surface area (TPSA) is 58.6 Å². The Hall–Kier alpha value is -0.610. The summed E-state index contributed by atoms with van der Waals surface area (Å²) in [5, 5.41) is 11.5. The van der Waals surface area contributed by atoms with Crippen molar-refractivity contribution in [2.24, 2.45) is 0 Å². The average Bonchev–Trinajstić information content (AvgIpc) is 1.97. The fourth-order valence-electron chi connectivity index (χ4n) is 0.856. The van der Waals surface area contributed by atoms with Crippen molar-refractivity contribution >= 4 is 5.97 Å². The first-order chi connectivity index (χ1) is 5.66. The van der Waals surface area contributed by atoms with Crippen LogP contribution in [0, 0.1) is 0 Å². The van der Waals surface area contributed by atoms with Crippen molar-refractivity contribution in [2.75, 3.05) is 19.8 Å². The first-order valence-electron chi connectivity index (χ1n) is 4.19. The minimum Gasteiger partial charge on any atom is -0.481 e. The Labute approximate surface area is 72.9 Å². The summed E-state index contributed by atoms with van der Waals surface area (Å²) in [6.45, 7) is 5.83. The van der Waals surface area contributed by atoms with Gasteiger partial charge in [0.25, 0.3) is 0 Å². The highest BCUT2D eigenvalue weighted by Gasteiger charge is 2.05. The van der Waals surface area contributed by atoms with E-state index in [1.54, 1.807) is 0 Å². The Balaban J connectivity index is 3.19. The molecule has 0 aliphatic heterocycles. The summed E-state index contributed by atoms with van der Waals surface area (Å²) in [6, 6.07) is 0.0166. The van der Waals surface area contributed by atoms with E-state index in [9.17, 15) is 4.79 Å². The molecular formula is C8H17NO3. The first-order valence-corrected chi connectivity index (χ1v) is 4.19. The summed E-state index contributed by atoms with van der Waals surface area (Å²) in [6.07, 6.45) is 0.159. The Bertz CT molecular complexity index is 127. The second kappa shape index (κ2) is 7.06. The Morgan fingerprint density at radius 3 is 2.83 bits per heavy atom. The Morgan fingerprint density at radius 1 is 1.67 bits per heavy atom. The molecule has 12 heavy (non-hydrogen) atoms. The summed E-state index contributed by atoms with van der Waals surface area (Å²) in [4.78, 5) is 10.2. The third-order valence-corrected chi connectivity index (χ3v) is 1.42. The molecule has 2 N–H and O–H groups in total. The second-order valence-corrected chi connectivity index (χ2v) is 2.65. The molecule has 4 nitrogen and oxygen atoms in total. The zero-order chi connectivity index (χ0) is 9.40. The molecule has 0 aromatic rings. The SMILES string of the molecule is CCOCCNC(C)CC(=O)O. The minimum atomic E-state index is -0.772. The van der Waals surface area contributed by atoms with Crippen LogP contribution in [0.3, 0.4) is 0 Å². The zero-order valence-corrected chi connectivity index (χ0v) is 7.67. The van der Waals surface area contributed by atoms with E-state index in [0.717, 1.165) is 0 Å². The Morgan fingerprint density at radius 2 is 2.33 bits per heavy atom. The highest BCUT2D eigenvalue weighted by atomic mass is 16.5. The van der Waals surface area contributed by atoms with Crippen LogP contribution in [-0.2, 0) is 9.53 Å². The fraction of sp³-hybridized carbons (Fsp3) is 0.875. The van der Waals surface area contributed by atoms with E-state index < -0.39 is 5.97 Å². The van der Waals surface area contributed by atoms with Crippen LogP contribution < -0.4 is 5.32 Å². The third kappa shape index (κ3) is 7.50. The summed E-state index contributed by atoms with van der Waals surface area (Å²) < 4.78 is 5.08. The zero-order valence-electron chi connectivity index (χ0n) is 7.67. The molecule has 0 aliphatic rings. The van der Waals surface area contributed by atoms with Gasteiger partial charge < -0.3 is 15.2 Å². The molecule has 0 spiro atoms. The number of hydrogen-bond donors (Lipinski definition) is 2. The smallest absolute Gasteiger partial charge is 0.304 e. The molecule has 0 amide bonds. The number of carboxylic acids is 1. The molecular weight excluding hydrogens is 158 g/mol. The van der Waals surface area contributed by atoms with Gasteiger partial charge in [0.05, 0.1) is 13.0 Å². The van der Waals surface area contributed by atoms with E-state index >= 15 is 0 Å². The van der Waals surface area contributed by atoms with Gasteiger partial charge >= 0.3 is 5.97 Å². The lowest BCUT2D eigenvalue weighted by atomic mass is 10.2. The summed E-state index contributed by atoms with van der Waals surface area (Å²) in [5.41, 5.74) is 0. The van der Waals surface area contributed by atoms with Crippen LogP contribution in [0.25, 0.3) is 0 Å². The number of rotatable bonds is 7. The fourth-order valence-corrected chi connectivity index (χ4v) is 0.856. The predicted molar refractivity (Wildman–Crippen MR) is 46.2 cm³/mol. The van der Waals surface area contributed by atoms with E-state index in [0.29, 0.717) is 19.8 Å². The van der Waals surface area contributed by atoms with Crippen molar-refractivity contribution in [1.29, 1.82) is 0 Å². The van der Waals surface area contributed by atoms with Crippen LogP contribution >= 0.6 is 0 Å². The van der Waals surface area contributed by atoms with Gasteiger partial charge in [-0.2, -0.15) is 0 Å². The quantitative estimate of drug-likeness (QED) is 0.552. The molecule has 0 aromatic carbocycles. The summed E-state index contributed by atoms with van der Waals surface area (Å²) in [7, 11) is 0. The molecule has 0 aliphatic carbocycles. The molecule has 0 rings (SSSR count). The van der Waals surface area contributed by atoms with Crippen molar-refractivity contribution in [3.8, 4) is 0 Å². The number of carboxylic acid groups (broad SMARTS) is 1. The molecule has 0 fully saturated rings. The Kier molecular flexibility index (Phi) is 6.70.